The molecule has 0 N–H and O–H groups in total. The van der Waals surface area contributed by atoms with E-state index in [0.717, 1.165) is 17.3 Å². The largest absolute Gasteiger partial charge is 0.457 e. The van der Waals surface area contributed by atoms with Gasteiger partial charge in [-0.1, -0.05) is 30.3 Å². The number of benzene rings is 2. The Balaban J connectivity index is 1.49. The van der Waals surface area contributed by atoms with Gasteiger partial charge < -0.3 is 4.42 Å². The van der Waals surface area contributed by atoms with Gasteiger partial charge in [-0.05, 0) is 57.9 Å². The minimum atomic E-state index is -0.476. The summed E-state index contributed by atoms with van der Waals surface area (Å²) in [5.41, 5.74) is 1.66. The second-order valence-corrected chi connectivity index (χ2v) is 8.54. The molecule has 2 aromatic carbocycles. The predicted octanol–water partition coefficient (Wildman–Crippen LogP) is 5.90. The molecule has 2 heterocycles. The first-order valence-corrected chi connectivity index (χ1v) is 10.9. The SMILES string of the molecule is O=C1S/C(=C/c2ccc(-c3ccc([N+](=O)[O-])cc3Br)o2)C(=O)N1CCc1ccccc1. The summed E-state index contributed by atoms with van der Waals surface area (Å²) in [6.45, 7) is 0.311. The minimum absolute atomic E-state index is 0.0356. The molecule has 2 amide bonds. The molecule has 0 bridgehead atoms. The normalized spacial score (nSPS) is 15.1. The van der Waals surface area contributed by atoms with Gasteiger partial charge in [0.15, 0.2) is 0 Å². The number of hydrogen-bond acceptors (Lipinski definition) is 6. The van der Waals surface area contributed by atoms with Gasteiger partial charge in [-0.15, -0.1) is 0 Å². The van der Waals surface area contributed by atoms with Crippen molar-refractivity contribution in [3.05, 3.63) is 91.5 Å². The van der Waals surface area contributed by atoms with Crippen molar-refractivity contribution in [3.8, 4) is 11.3 Å². The Labute approximate surface area is 190 Å². The molecular weight excluding hydrogens is 484 g/mol. The van der Waals surface area contributed by atoms with E-state index >= 15 is 0 Å². The average Bonchev–Trinajstić information content (AvgIpc) is 3.32. The number of hydrogen-bond donors (Lipinski definition) is 0. The van der Waals surface area contributed by atoms with Crippen molar-refractivity contribution in [2.24, 2.45) is 0 Å². The number of rotatable bonds is 6. The topological polar surface area (TPSA) is 93.7 Å². The highest BCUT2D eigenvalue weighted by Gasteiger charge is 2.34. The molecule has 3 aromatic rings. The first kappa shape index (κ1) is 21.1. The number of furan rings is 1. The summed E-state index contributed by atoms with van der Waals surface area (Å²) < 4.78 is 6.31. The van der Waals surface area contributed by atoms with Gasteiger partial charge in [-0.3, -0.25) is 24.6 Å². The Hall–Kier alpha value is -3.17. The van der Waals surface area contributed by atoms with Crippen molar-refractivity contribution in [1.29, 1.82) is 0 Å². The van der Waals surface area contributed by atoms with E-state index in [1.165, 1.54) is 23.1 Å². The van der Waals surface area contributed by atoms with E-state index in [1.807, 2.05) is 30.3 Å². The lowest BCUT2D eigenvalue weighted by molar-refractivity contribution is -0.384. The minimum Gasteiger partial charge on any atom is -0.457 e. The van der Waals surface area contributed by atoms with Crippen LogP contribution in [0.1, 0.15) is 11.3 Å². The molecule has 0 saturated carbocycles. The maximum absolute atomic E-state index is 12.7. The number of carbonyl (C=O) groups is 2. The van der Waals surface area contributed by atoms with Gasteiger partial charge in [0.05, 0.1) is 9.83 Å². The molecule has 1 aliphatic heterocycles. The predicted molar refractivity (Wildman–Crippen MR) is 121 cm³/mol. The molecule has 0 radical (unpaired) electrons. The van der Waals surface area contributed by atoms with Gasteiger partial charge in [0.25, 0.3) is 16.8 Å². The number of nitrogens with zero attached hydrogens (tertiary/aromatic N) is 2. The summed E-state index contributed by atoms with van der Waals surface area (Å²) in [6.07, 6.45) is 2.13. The Morgan fingerprint density at radius 3 is 2.58 bits per heavy atom. The highest BCUT2D eigenvalue weighted by atomic mass is 79.9. The number of carbonyl (C=O) groups excluding carboxylic acids is 2. The van der Waals surface area contributed by atoms with Crippen molar-refractivity contribution in [2.75, 3.05) is 6.54 Å². The molecule has 1 fully saturated rings. The lowest BCUT2D eigenvalue weighted by atomic mass is 10.1. The van der Waals surface area contributed by atoms with Crippen molar-refractivity contribution in [1.82, 2.24) is 4.90 Å². The van der Waals surface area contributed by atoms with Gasteiger partial charge >= 0.3 is 0 Å². The van der Waals surface area contributed by atoms with Crippen molar-refractivity contribution >= 4 is 50.6 Å². The Morgan fingerprint density at radius 2 is 1.87 bits per heavy atom. The van der Waals surface area contributed by atoms with Gasteiger partial charge in [-0.25, -0.2) is 0 Å². The van der Waals surface area contributed by atoms with E-state index in [1.54, 1.807) is 18.2 Å². The zero-order valence-corrected chi connectivity index (χ0v) is 18.4. The molecule has 9 heteroatoms. The maximum Gasteiger partial charge on any atom is 0.293 e. The Morgan fingerprint density at radius 1 is 1.10 bits per heavy atom. The van der Waals surface area contributed by atoms with Crippen LogP contribution < -0.4 is 0 Å². The number of halogens is 1. The second-order valence-electron chi connectivity index (χ2n) is 6.69. The third-order valence-electron chi connectivity index (χ3n) is 4.67. The van der Waals surface area contributed by atoms with Crippen LogP contribution in [0.3, 0.4) is 0 Å². The number of nitro groups is 1. The first-order valence-electron chi connectivity index (χ1n) is 9.26. The molecule has 156 valence electrons. The van der Waals surface area contributed by atoms with Crippen LogP contribution in [0.4, 0.5) is 10.5 Å². The highest BCUT2D eigenvalue weighted by molar-refractivity contribution is 9.10. The van der Waals surface area contributed by atoms with Crippen LogP contribution in [-0.2, 0) is 11.2 Å². The highest BCUT2D eigenvalue weighted by Crippen LogP contribution is 2.35. The van der Waals surface area contributed by atoms with Crippen LogP contribution in [0.2, 0.25) is 0 Å². The Bertz CT molecular complexity index is 1210. The third kappa shape index (κ3) is 4.62. The molecular formula is C22H15BrN2O5S. The van der Waals surface area contributed by atoms with E-state index in [9.17, 15) is 19.7 Å². The molecule has 1 saturated heterocycles. The van der Waals surface area contributed by atoms with Gasteiger partial charge in [-0.2, -0.15) is 0 Å². The summed E-state index contributed by atoms with van der Waals surface area (Å²) in [4.78, 5) is 36.9. The molecule has 4 rings (SSSR count). The van der Waals surface area contributed by atoms with E-state index in [0.29, 0.717) is 39.4 Å². The maximum atomic E-state index is 12.7. The van der Waals surface area contributed by atoms with Crippen LogP contribution in [-0.4, -0.2) is 27.5 Å². The van der Waals surface area contributed by atoms with Gasteiger partial charge in [0.1, 0.15) is 11.5 Å². The molecule has 1 aromatic heterocycles. The van der Waals surface area contributed by atoms with Crippen molar-refractivity contribution in [3.63, 3.8) is 0 Å². The molecule has 0 aliphatic carbocycles. The molecule has 7 nitrogen and oxygen atoms in total. The zero-order chi connectivity index (χ0) is 22.0. The zero-order valence-electron chi connectivity index (χ0n) is 16.0. The molecule has 0 unspecified atom stereocenters. The summed E-state index contributed by atoms with van der Waals surface area (Å²) >= 11 is 4.20. The number of non-ortho nitro benzene ring substituents is 1. The average molecular weight is 499 g/mol. The fraction of sp³-hybridized carbons (Fsp3) is 0.0909. The number of nitro benzene ring substituents is 1. The van der Waals surface area contributed by atoms with Gasteiger partial charge in [0.2, 0.25) is 0 Å². The van der Waals surface area contributed by atoms with E-state index in [4.69, 9.17) is 4.42 Å². The first-order chi connectivity index (χ1) is 14.9. The Kier molecular flexibility index (Phi) is 6.06. The summed E-state index contributed by atoms with van der Waals surface area (Å²) in [6, 6.07) is 17.4. The third-order valence-corrected chi connectivity index (χ3v) is 6.23. The smallest absolute Gasteiger partial charge is 0.293 e. The monoisotopic (exact) mass is 498 g/mol. The summed E-state index contributed by atoms with van der Waals surface area (Å²) in [5.74, 6) is 0.547. The standard InChI is InChI=1S/C22H15BrN2O5S/c23-18-12-15(25(28)29)6-8-17(18)19-9-7-16(30-19)13-20-21(26)24(22(27)31-20)11-10-14-4-2-1-3-5-14/h1-9,12-13H,10-11H2/b20-13+. The second kappa shape index (κ2) is 8.91. The molecule has 0 spiro atoms. The van der Waals surface area contributed by atoms with E-state index in [2.05, 4.69) is 15.9 Å². The van der Waals surface area contributed by atoms with Crippen LogP contribution in [0.15, 0.2) is 74.5 Å². The number of amides is 2. The molecule has 1 aliphatic rings. The lowest BCUT2D eigenvalue weighted by Gasteiger charge is -2.11. The van der Waals surface area contributed by atoms with Crippen LogP contribution in [0.5, 0.6) is 0 Å². The van der Waals surface area contributed by atoms with Gasteiger partial charge in [0, 0.05) is 34.8 Å². The molecule has 31 heavy (non-hydrogen) atoms. The quantitative estimate of drug-likeness (QED) is 0.238. The number of thioether (sulfide) groups is 1. The molecule has 0 atom stereocenters. The summed E-state index contributed by atoms with van der Waals surface area (Å²) in [5, 5.41) is 10.6. The van der Waals surface area contributed by atoms with Crippen LogP contribution in [0.25, 0.3) is 17.4 Å². The van der Waals surface area contributed by atoms with Crippen molar-refractivity contribution < 1.29 is 18.9 Å². The van der Waals surface area contributed by atoms with E-state index in [-0.39, 0.29) is 16.8 Å². The van der Waals surface area contributed by atoms with E-state index < -0.39 is 4.92 Å². The summed E-state index contributed by atoms with van der Waals surface area (Å²) in [7, 11) is 0. The van der Waals surface area contributed by atoms with Crippen LogP contribution in [0, 0.1) is 10.1 Å². The van der Waals surface area contributed by atoms with Crippen LogP contribution >= 0.6 is 27.7 Å². The fourth-order valence-corrected chi connectivity index (χ4v) is 4.51. The van der Waals surface area contributed by atoms with Crippen molar-refractivity contribution in [2.45, 2.75) is 6.42 Å². The number of imide groups is 1. The fourth-order valence-electron chi connectivity index (χ4n) is 3.10. The lowest BCUT2D eigenvalue weighted by Crippen LogP contribution is -2.30.